The molecule has 0 bridgehead atoms. The summed E-state index contributed by atoms with van der Waals surface area (Å²) in [6.07, 6.45) is 4.81. The summed E-state index contributed by atoms with van der Waals surface area (Å²) >= 11 is 4.02. The first-order chi connectivity index (χ1) is 7.39. The Kier molecular flexibility index (Phi) is 17.9. The van der Waals surface area contributed by atoms with Crippen molar-refractivity contribution in [3.05, 3.63) is 24.5 Å². The van der Waals surface area contributed by atoms with Crippen molar-refractivity contribution in [1.82, 2.24) is 10.3 Å². The number of aromatic nitrogens is 1. The smallest absolute Gasteiger partial charge is 0.0401 e. The molecular formula is C12H24N2S. The van der Waals surface area contributed by atoms with Crippen LogP contribution >= 0.6 is 12.6 Å². The van der Waals surface area contributed by atoms with E-state index in [-0.39, 0.29) is 0 Å². The van der Waals surface area contributed by atoms with Gasteiger partial charge in [-0.05, 0) is 31.6 Å². The van der Waals surface area contributed by atoms with E-state index >= 15 is 0 Å². The second-order valence-corrected chi connectivity index (χ2v) is 2.83. The minimum Gasteiger partial charge on any atom is -0.317 e. The fourth-order valence-electron chi connectivity index (χ4n) is 0.531. The Balaban J connectivity index is 0. The normalized spacial score (nSPS) is 11.3. The first-order valence-electron chi connectivity index (χ1n) is 5.69. The van der Waals surface area contributed by atoms with E-state index in [1.165, 1.54) is 19.5 Å². The van der Waals surface area contributed by atoms with E-state index in [0.29, 0.717) is 0 Å². The fraction of sp³-hybridized carbons (Fsp3) is 0.583. The average molecular weight is 228 g/mol. The van der Waals surface area contributed by atoms with Crippen LogP contribution in [0.5, 0.6) is 0 Å². The molecule has 1 fully saturated rings. The molecule has 1 saturated heterocycles. The third kappa shape index (κ3) is 13.5. The van der Waals surface area contributed by atoms with Crippen LogP contribution in [-0.4, -0.2) is 18.1 Å². The zero-order valence-corrected chi connectivity index (χ0v) is 11.2. The van der Waals surface area contributed by atoms with Gasteiger partial charge in [0, 0.05) is 17.3 Å². The lowest BCUT2D eigenvalue weighted by atomic mass is 10.3. The van der Waals surface area contributed by atoms with Crippen LogP contribution in [0.15, 0.2) is 29.4 Å². The molecular weight excluding hydrogens is 204 g/mol. The standard InChI is InChI=1S/C5H5NS.C3H7N.2C2H6/c7-5-2-1-3-6-4-5;1-2-4-3-1;2*1-2/h1-4,7H;4H,1-3H2;2*1-2H3. The van der Waals surface area contributed by atoms with Crippen molar-refractivity contribution in [2.75, 3.05) is 13.1 Å². The number of hydrogen-bond acceptors (Lipinski definition) is 3. The highest BCUT2D eigenvalue weighted by atomic mass is 32.1. The van der Waals surface area contributed by atoms with Crippen LogP contribution in [0.3, 0.4) is 0 Å². The van der Waals surface area contributed by atoms with Crippen molar-refractivity contribution < 1.29 is 0 Å². The van der Waals surface area contributed by atoms with Crippen LogP contribution in [0, 0.1) is 0 Å². The summed E-state index contributed by atoms with van der Waals surface area (Å²) in [5.41, 5.74) is 0. The van der Waals surface area contributed by atoms with Gasteiger partial charge in [-0.3, -0.25) is 4.98 Å². The summed E-state index contributed by atoms with van der Waals surface area (Å²) in [6, 6.07) is 3.73. The van der Waals surface area contributed by atoms with Gasteiger partial charge in [0.25, 0.3) is 0 Å². The molecule has 1 aliphatic rings. The predicted molar refractivity (Wildman–Crippen MR) is 71.7 cm³/mol. The topological polar surface area (TPSA) is 24.9 Å². The zero-order valence-electron chi connectivity index (χ0n) is 10.3. The van der Waals surface area contributed by atoms with Crippen molar-refractivity contribution >= 4 is 12.6 Å². The molecule has 0 saturated carbocycles. The van der Waals surface area contributed by atoms with E-state index in [1.807, 2.05) is 39.8 Å². The Labute approximate surface area is 99.9 Å². The monoisotopic (exact) mass is 228 g/mol. The summed E-state index contributed by atoms with van der Waals surface area (Å²) in [5, 5.41) is 3.11. The average Bonchev–Trinajstić information content (AvgIpc) is 2.22. The lowest BCUT2D eigenvalue weighted by molar-refractivity contribution is 0.527. The summed E-state index contributed by atoms with van der Waals surface area (Å²) < 4.78 is 0. The molecule has 3 heteroatoms. The van der Waals surface area contributed by atoms with Crippen LogP contribution in [0.4, 0.5) is 0 Å². The molecule has 0 unspecified atom stereocenters. The van der Waals surface area contributed by atoms with Gasteiger partial charge in [-0.15, -0.1) is 12.6 Å². The van der Waals surface area contributed by atoms with E-state index in [2.05, 4.69) is 22.9 Å². The van der Waals surface area contributed by atoms with Gasteiger partial charge < -0.3 is 5.32 Å². The van der Waals surface area contributed by atoms with Crippen LogP contribution in [0.25, 0.3) is 0 Å². The number of nitrogens with zero attached hydrogens (tertiary/aromatic N) is 1. The molecule has 1 aromatic rings. The van der Waals surface area contributed by atoms with Crippen molar-refractivity contribution in [3.8, 4) is 0 Å². The van der Waals surface area contributed by atoms with Crippen LogP contribution in [0.1, 0.15) is 34.1 Å². The Morgan fingerprint density at radius 2 is 1.67 bits per heavy atom. The lowest BCUT2D eigenvalue weighted by Gasteiger charge is -2.09. The van der Waals surface area contributed by atoms with Crippen molar-refractivity contribution in [1.29, 1.82) is 0 Å². The number of nitrogens with one attached hydrogen (secondary N) is 1. The molecule has 88 valence electrons. The van der Waals surface area contributed by atoms with Gasteiger partial charge in [-0.25, -0.2) is 0 Å². The van der Waals surface area contributed by atoms with Gasteiger partial charge in [0.15, 0.2) is 0 Å². The molecule has 0 amide bonds. The Morgan fingerprint density at radius 1 is 1.20 bits per heavy atom. The van der Waals surface area contributed by atoms with Crippen molar-refractivity contribution in [3.63, 3.8) is 0 Å². The molecule has 0 aliphatic carbocycles. The second kappa shape index (κ2) is 15.9. The number of thiol groups is 1. The fourth-order valence-corrected chi connectivity index (χ4v) is 0.683. The first kappa shape index (κ1) is 16.9. The molecule has 0 atom stereocenters. The van der Waals surface area contributed by atoms with Gasteiger partial charge in [-0.1, -0.05) is 27.7 Å². The van der Waals surface area contributed by atoms with E-state index in [0.717, 1.165) is 4.90 Å². The Hall–Kier alpha value is -0.540. The number of pyridine rings is 1. The van der Waals surface area contributed by atoms with Gasteiger partial charge in [-0.2, -0.15) is 0 Å². The highest BCUT2D eigenvalue weighted by molar-refractivity contribution is 7.80. The van der Waals surface area contributed by atoms with Gasteiger partial charge >= 0.3 is 0 Å². The second-order valence-electron chi connectivity index (χ2n) is 2.31. The molecule has 0 aromatic carbocycles. The molecule has 15 heavy (non-hydrogen) atoms. The van der Waals surface area contributed by atoms with Crippen molar-refractivity contribution in [2.45, 2.75) is 39.0 Å². The minimum absolute atomic E-state index is 0.905. The lowest BCUT2D eigenvalue weighted by Crippen LogP contribution is -2.29. The van der Waals surface area contributed by atoms with Crippen molar-refractivity contribution in [2.24, 2.45) is 0 Å². The number of rotatable bonds is 0. The van der Waals surface area contributed by atoms with Gasteiger partial charge in [0.1, 0.15) is 0 Å². The molecule has 0 radical (unpaired) electrons. The van der Waals surface area contributed by atoms with Crippen LogP contribution in [-0.2, 0) is 0 Å². The highest BCUT2D eigenvalue weighted by Crippen LogP contribution is 1.98. The maximum Gasteiger partial charge on any atom is 0.0401 e. The van der Waals surface area contributed by atoms with E-state index in [9.17, 15) is 0 Å². The molecule has 1 aliphatic heterocycles. The van der Waals surface area contributed by atoms with Gasteiger partial charge in [0.2, 0.25) is 0 Å². The Bertz CT molecular complexity index is 182. The summed E-state index contributed by atoms with van der Waals surface area (Å²) in [4.78, 5) is 4.71. The molecule has 2 heterocycles. The molecule has 1 aromatic heterocycles. The molecule has 1 N–H and O–H groups in total. The molecule has 0 spiro atoms. The van der Waals surface area contributed by atoms with Crippen LogP contribution < -0.4 is 5.32 Å². The Morgan fingerprint density at radius 3 is 1.80 bits per heavy atom. The highest BCUT2D eigenvalue weighted by Gasteiger charge is 1.92. The maximum atomic E-state index is 4.02. The molecule has 2 rings (SSSR count). The maximum absolute atomic E-state index is 4.02. The quantitative estimate of drug-likeness (QED) is 0.665. The predicted octanol–water partition coefficient (Wildman–Crippen LogP) is 3.40. The SMILES string of the molecule is C1CNC1.CC.CC.Sc1cccnc1. The zero-order chi connectivity index (χ0) is 11.9. The first-order valence-corrected chi connectivity index (χ1v) is 6.14. The van der Waals surface area contributed by atoms with E-state index in [4.69, 9.17) is 0 Å². The summed E-state index contributed by atoms with van der Waals surface area (Å²) in [6.45, 7) is 10.5. The summed E-state index contributed by atoms with van der Waals surface area (Å²) in [7, 11) is 0. The van der Waals surface area contributed by atoms with Gasteiger partial charge in [0.05, 0.1) is 0 Å². The van der Waals surface area contributed by atoms with E-state index < -0.39 is 0 Å². The van der Waals surface area contributed by atoms with E-state index in [1.54, 1.807) is 12.4 Å². The largest absolute Gasteiger partial charge is 0.317 e. The minimum atomic E-state index is 0.905. The third-order valence-corrected chi connectivity index (χ3v) is 1.62. The molecule has 2 nitrogen and oxygen atoms in total. The number of hydrogen-bond donors (Lipinski definition) is 2. The third-order valence-electron chi connectivity index (χ3n) is 1.35. The summed E-state index contributed by atoms with van der Waals surface area (Å²) in [5.74, 6) is 0. The van der Waals surface area contributed by atoms with Crippen LogP contribution in [0.2, 0.25) is 0 Å².